The quantitative estimate of drug-likeness (QED) is 0.760. The lowest BCUT2D eigenvalue weighted by molar-refractivity contribution is -0.931. The zero-order valence-electron chi connectivity index (χ0n) is 12.5. The van der Waals surface area contributed by atoms with Crippen LogP contribution in [0.5, 0.6) is 5.75 Å². The number of quaternary nitrogens is 1. The number of fused-ring (bicyclic) bond motifs is 1. The van der Waals surface area contributed by atoms with Crippen molar-refractivity contribution < 1.29 is 10.0 Å². The molecule has 0 radical (unpaired) electrons. The van der Waals surface area contributed by atoms with E-state index in [4.69, 9.17) is 0 Å². The lowest BCUT2D eigenvalue weighted by Gasteiger charge is -2.22. The number of nitrogens with one attached hydrogen (secondary N) is 1. The van der Waals surface area contributed by atoms with Gasteiger partial charge in [0.25, 0.3) is 0 Å². The summed E-state index contributed by atoms with van der Waals surface area (Å²) in [6.45, 7) is 2.08. The highest BCUT2D eigenvalue weighted by Crippen LogP contribution is 2.28. The van der Waals surface area contributed by atoms with Crippen LogP contribution < -0.4 is 4.90 Å². The topological polar surface area (TPSA) is 24.7 Å². The minimum absolute atomic E-state index is 0.433. The number of benzene rings is 2. The van der Waals surface area contributed by atoms with E-state index in [-0.39, 0.29) is 0 Å². The van der Waals surface area contributed by atoms with Crippen molar-refractivity contribution in [1.82, 2.24) is 0 Å². The summed E-state index contributed by atoms with van der Waals surface area (Å²) in [5.74, 6) is 0.433. The summed E-state index contributed by atoms with van der Waals surface area (Å²) in [7, 11) is 0. The molecule has 1 saturated heterocycles. The average molecular weight is 310 g/mol. The summed E-state index contributed by atoms with van der Waals surface area (Å²) in [6, 6.07) is 17.2. The van der Waals surface area contributed by atoms with Gasteiger partial charge in [0, 0.05) is 12.8 Å². The van der Waals surface area contributed by atoms with Gasteiger partial charge in [-0.2, -0.15) is 0 Å². The smallest absolute Gasteiger partial charge is 0.125 e. The van der Waals surface area contributed by atoms with E-state index in [0.29, 0.717) is 11.8 Å². The SMILES string of the molecule is Oc1ccc2ccccc2c1C[NH+]1CCC[C@@H]1c1cccs1. The first kappa shape index (κ1) is 13.8. The average Bonchev–Trinajstić information content (AvgIpc) is 3.21. The number of aromatic hydroxyl groups is 1. The van der Waals surface area contributed by atoms with E-state index in [1.807, 2.05) is 23.5 Å². The van der Waals surface area contributed by atoms with Gasteiger partial charge in [0.15, 0.2) is 0 Å². The van der Waals surface area contributed by atoms with Crippen molar-refractivity contribution in [1.29, 1.82) is 0 Å². The van der Waals surface area contributed by atoms with Crippen LogP contribution in [0.4, 0.5) is 0 Å². The molecule has 1 fully saturated rings. The highest BCUT2D eigenvalue weighted by Gasteiger charge is 2.31. The second kappa shape index (κ2) is 5.75. The number of likely N-dealkylation sites (tertiary alicyclic amines) is 1. The Bertz CT molecular complexity index is 781. The van der Waals surface area contributed by atoms with Gasteiger partial charge in [-0.1, -0.05) is 36.4 Å². The van der Waals surface area contributed by atoms with Crippen molar-refractivity contribution >= 4 is 22.1 Å². The van der Waals surface area contributed by atoms with Gasteiger partial charge in [0.2, 0.25) is 0 Å². The first-order valence-corrected chi connectivity index (χ1v) is 8.78. The van der Waals surface area contributed by atoms with E-state index in [9.17, 15) is 5.11 Å². The van der Waals surface area contributed by atoms with E-state index < -0.39 is 0 Å². The molecule has 2 heterocycles. The van der Waals surface area contributed by atoms with E-state index in [1.54, 1.807) is 4.90 Å². The molecule has 112 valence electrons. The number of hydrogen-bond acceptors (Lipinski definition) is 2. The molecular formula is C19H20NOS+. The minimum atomic E-state index is 0.433. The van der Waals surface area contributed by atoms with Gasteiger partial charge in [-0.25, -0.2) is 0 Å². The molecule has 0 bridgehead atoms. The molecule has 2 atom stereocenters. The highest BCUT2D eigenvalue weighted by molar-refractivity contribution is 7.10. The van der Waals surface area contributed by atoms with Gasteiger partial charge in [0.05, 0.1) is 17.0 Å². The van der Waals surface area contributed by atoms with E-state index >= 15 is 0 Å². The zero-order chi connectivity index (χ0) is 14.9. The zero-order valence-corrected chi connectivity index (χ0v) is 13.3. The van der Waals surface area contributed by atoms with Crippen molar-refractivity contribution in [2.75, 3.05) is 6.54 Å². The highest BCUT2D eigenvalue weighted by atomic mass is 32.1. The number of phenols is 1. The van der Waals surface area contributed by atoms with Crippen molar-refractivity contribution in [2.45, 2.75) is 25.4 Å². The molecule has 3 heteroatoms. The van der Waals surface area contributed by atoms with Crippen LogP contribution in [0.1, 0.15) is 29.3 Å². The van der Waals surface area contributed by atoms with Crippen LogP contribution in [0.25, 0.3) is 10.8 Å². The second-order valence-electron chi connectivity index (χ2n) is 6.08. The second-order valence-corrected chi connectivity index (χ2v) is 7.06. The summed E-state index contributed by atoms with van der Waals surface area (Å²) >= 11 is 1.86. The Morgan fingerprint density at radius 2 is 2.00 bits per heavy atom. The summed E-state index contributed by atoms with van der Waals surface area (Å²) < 4.78 is 0. The van der Waals surface area contributed by atoms with Crippen molar-refractivity contribution in [3.05, 3.63) is 64.4 Å². The van der Waals surface area contributed by atoms with Crippen LogP contribution in [0.3, 0.4) is 0 Å². The Hall–Kier alpha value is -1.84. The summed E-state index contributed by atoms with van der Waals surface area (Å²) in [5.41, 5.74) is 1.09. The van der Waals surface area contributed by atoms with E-state index in [0.717, 1.165) is 12.1 Å². The number of rotatable bonds is 3. The molecule has 2 nitrogen and oxygen atoms in total. The first-order chi connectivity index (χ1) is 10.8. The number of thiophene rings is 1. The van der Waals surface area contributed by atoms with Crippen molar-refractivity contribution in [2.24, 2.45) is 0 Å². The third kappa shape index (κ3) is 2.40. The summed E-state index contributed by atoms with van der Waals surface area (Å²) in [5, 5.41) is 14.9. The Kier molecular flexibility index (Phi) is 3.60. The van der Waals surface area contributed by atoms with Crippen molar-refractivity contribution in [3.8, 4) is 5.75 Å². The first-order valence-electron chi connectivity index (χ1n) is 7.90. The van der Waals surface area contributed by atoms with Crippen LogP contribution in [0.15, 0.2) is 53.9 Å². The molecule has 1 aromatic heterocycles. The molecule has 22 heavy (non-hydrogen) atoms. The number of phenolic OH excluding ortho intramolecular Hbond substituents is 1. The Balaban J connectivity index is 1.70. The molecule has 4 rings (SSSR count). The maximum atomic E-state index is 10.4. The van der Waals surface area contributed by atoms with Crippen LogP contribution in [0, 0.1) is 0 Å². The predicted octanol–water partition coefficient (Wildman–Crippen LogP) is 3.53. The molecule has 3 aromatic rings. The third-order valence-corrected chi connectivity index (χ3v) is 5.78. The molecule has 1 aliphatic heterocycles. The molecular weight excluding hydrogens is 290 g/mol. The van der Waals surface area contributed by atoms with Gasteiger partial charge in [-0.05, 0) is 28.3 Å². The monoisotopic (exact) mass is 310 g/mol. The largest absolute Gasteiger partial charge is 0.507 e. The Morgan fingerprint density at radius 1 is 1.09 bits per heavy atom. The van der Waals surface area contributed by atoms with Crippen LogP contribution >= 0.6 is 11.3 Å². The molecule has 1 unspecified atom stereocenters. The molecule has 0 spiro atoms. The van der Waals surface area contributed by atoms with Gasteiger partial charge < -0.3 is 10.0 Å². The van der Waals surface area contributed by atoms with Crippen molar-refractivity contribution in [3.63, 3.8) is 0 Å². The maximum Gasteiger partial charge on any atom is 0.125 e. The summed E-state index contributed by atoms with van der Waals surface area (Å²) in [4.78, 5) is 3.06. The van der Waals surface area contributed by atoms with Gasteiger partial charge in [-0.3, -0.25) is 0 Å². The van der Waals surface area contributed by atoms with Gasteiger partial charge >= 0.3 is 0 Å². The molecule has 0 amide bonds. The van der Waals surface area contributed by atoms with E-state index in [2.05, 4.69) is 41.8 Å². The van der Waals surface area contributed by atoms with E-state index in [1.165, 1.54) is 35.0 Å². The summed E-state index contributed by atoms with van der Waals surface area (Å²) in [6.07, 6.45) is 2.52. The van der Waals surface area contributed by atoms with Gasteiger partial charge in [0.1, 0.15) is 18.3 Å². The fourth-order valence-electron chi connectivity index (χ4n) is 3.69. The fourth-order valence-corrected chi connectivity index (χ4v) is 4.61. The lowest BCUT2D eigenvalue weighted by Crippen LogP contribution is -3.08. The lowest BCUT2D eigenvalue weighted by atomic mass is 10.0. The standard InChI is InChI=1S/C19H19NOS/c21-18-10-9-14-5-1-2-6-15(14)16(18)13-20-11-3-7-17(20)19-8-4-12-22-19/h1-2,4-6,8-10,12,17,21H,3,7,11,13H2/p+1/t17-/m1/s1. The molecule has 2 N–H and O–H groups in total. The fraction of sp³-hybridized carbons (Fsp3) is 0.263. The third-order valence-electron chi connectivity index (χ3n) is 4.79. The predicted molar refractivity (Wildman–Crippen MR) is 91.4 cm³/mol. The number of hydrogen-bond donors (Lipinski definition) is 2. The molecule has 2 aromatic carbocycles. The van der Waals surface area contributed by atoms with Crippen LogP contribution in [0.2, 0.25) is 0 Å². The minimum Gasteiger partial charge on any atom is -0.507 e. The Morgan fingerprint density at radius 3 is 2.86 bits per heavy atom. The van der Waals surface area contributed by atoms with Crippen LogP contribution in [-0.4, -0.2) is 11.7 Å². The molecule has 0 aliphatic carbocycles. The van der Waals surface area contributed by atoms with Gasteiger partial charge in [-0.15, -0.1) is 11.3 Å². The molecule has 1 aliphatic rings. The normalized spacial score (nSPS) is 21.5. The Labute approximate surface area is 134 Å². The van der Waals surface area contributed by atoms with Crippen LogP contribution in [-0.2, 0) is 6.54 Å². The maximum absolute atomic E-state index is 10.4. The molecule has 0 saturated carbocycles.